The largest absolute Gasteiger partial charge is 0.390 e. The SMILES string of the molecule is CC(C)CCCC(C)(O)C1CCC2C3CCC4=C(C5CCC5)C(=O)CCC4(C)C3CCC21C. The predicted molar refractivity (Wildman–Crippen MR) is 136 cm³/mol. The minimum absolute atomic E-state index is 0.265. The van der Waals surface area contributed by atoms with Crippen LogP contribution in [0.4, 0.5) is 0 Å². The van der Waals surface area contributed by atoms with Crippen LogP contribution in [0.25, 0.3) is 0 Å². The Balaban J connectivity index is 1.38. The molecule has 4 saturated carbocycles. The quantitative estimate of drug-likeness (QED) is 0.443. The molecular formula is C31H50O2. The summed E-state index contributed by atoms with van der Waals surface area (Å²) in [4.78, 5) is 13.0. The van der Waals surface area contributed by atoms with Gasteiger partial charge in [0.2, 0.25) is 0 Å². The van der Waals surface area contributed by atoms with E-state index < -0.39 is 5.60 Å². The summed E-state index contributed by atoms with van der Waals surface area (Å²) in [5.74, 6) is 4.59. The van der Waals surface area contributed by atoms with Crippen molar-refractivity contribution in [2.24, 2.45) is 46.3 Å². The predicted octanol–water partition coefficient (Wildman–Crippen LogP) is 7.88. The van der Waals surface area contributed by atoms with Crippen LogP contribution in [0.3, 0.4) is 0 Å². The molecule has 186 valence electrons. The maximum atomic E-state index is 13.0. The Morgan fingerprint density at radius 2 is 1.76 bits per heavy atom. The average Bonchev–Trinajstić information content (AvgIpc) is 3.07. The lowest BCUT2D eigenvalue weighted by atomic mass is 9.45. The van der Waals surface area contributed by atoms with Gasteiger partial charge in [0.05, 0.1) is 5.60 Å². The molecule has 5 aliphatic carbocycles. The van der Waals surface area contributed by atoms with Crippen molar-refractivity contribution in [3.63, 3.8) is 0 Å². The molecular weight excluding hydrogens is 404 g/mol. The normalized spacial score (nSPS) is 43.1. The molecule has 2 nitrogen and oxygen atoms in total. The second kappa shape index (κ2) is 8.49. The molecule has 0 bridgehead atoms. The zero-order valence-electron chi connectivity index (χ0n) is 22.2. The van der Waals surface area contributed by atoms with Gasteiger partial charge >= 0.3 is 0 Å². The first-order valence-electron chi connectivity index (χ1n) is 14.6. The van der Waals surface area contributed by atoms with Gasteiger partial charge < -0.3 is 5.11 Å². The highest BCUT2D eigenvalue weighted by molar-refractivity contribution is 5.98. The van der Waals surface area contributed by atoms with Crippen molar-refractivity contribution in [1.82, 2.24) is 0 Å². The smallest absolute Gasteiger partial charge is 0.159 e. The Labute approximate surface area is 203 Å². The van der Waals surface area contributed by atoms with Gasteiger partial charge in [0.15, 0.2) is 5.78 Å². The fourth-order valence-corrected chi connectivity index (χ4v) is 9.99. The van der Waals surface area contributed by atoms with E-state index in [2.05, 4.69) is 34.6 Å². The second-order valence-corrected chi connectivity index (χ2v) is 14.1. The Morgan fingerprint density at radius 1 is 1.00 bits per heavy atom. The van der Waals surface area contributed by atoms with Gasteiger partial charge in [0, 0.05) is 6.42 Å². The van der Waals surface area contributed by atoms with E-state index in [0.29, 0.717) is 23.0 Å². The minimum atomic E-state index is -0.524. The molecule has 5 rings (SSSR count). The van der Waals surface area contributed by atoms with Crippen molar-refractivity contribution in [2.75, 3.05) is 0 Å². The monoisotopic (exact) mass is 454 g/mol. The first-order valence-corrected chi connectivity index (χ1v) is 14.6. The summed E-state index contributed by atoms with van der Waals surface area (Å²) in [5, 5.41) is 11.7. The molecule has 2 heteroatoms. The summed E-state index contributed by atoms with van der Waals surface area (Å²) in [6.07, 6.45) is 16.6. The van der Waals surface area contributed by atoms with Gasteiger partial charge in [-0.1, -0.05) is 52.5 Å². The van der Waals surface area contributed by atoms with Gasteiger partial charge in [-0.2, -0.15) is 0 Å². The molecule has 0 aliphatic heterocycles. The lowest BCUT2D eigenvalue weighted by molar-refractivity contribution is -0.122. The fourth-order valence-electron chi connectivity index (χ4n) is 9.99. The minimum Gasteiger partial charge on any atom is -0.390 e. The molecule has 0 spiro atoms. The third kappa shape index (κ3) is 3.80. The molecule has 0 aromatic heterocycles. The lowest BCUT2D eigenvalue weighted by Gasteiger charge is -2.60. The van der Waals surface area contributed by atoms with E-state index in [0.717, 1.165) is 49.4 Å². The van der Waals surface area contributed by atoms with Gasteiger partial charge in [-0.3, -0.25) is 4.79 Å². The number of hydrogen-bond acceptors (Lipinski definition) is 2. The van der Waals surface area contributed by atoms with Crippen LogP contribution in [0.5, 0.6) is 0 Å². The van der Waals surface area contributed by atoms with E-state index in [1.165, 1.54) is 69.8 Å². The van der Waals surface area contributed by atoms with E-state index in [-0.39, 0.29) is 5.41 Å². The summed E-state index contributed by atoms with van der Waals surface area (Å²) in [7, 11) is 0. The Bertz CT molecular complexity index is 802. The van der Waals surface area contributed by atoms with Crippen LogP contribution >= 0.6 is 0 Å². The van der Waals surface area contributed by atoms with E-state index in [4.69, 9.17) is 0 Å². The summed E-state index contributed by atoms with van der Waals surface area (Å²) in [6.45, 7) is 11.9. The average molecular weight is 455 g/mol. The van der Waals surface area contributed by atoms with Crippen LogP contribution in [0.15, 0.2) is 11.1 Å². The van der Waals surface area contributed by atoms with Gasteiger partial charge in [-0.25, -0.2) is 0 Å². The summed E-state index contributed by atoms with van der Waals surface area (Å²) in [6, 6.07) is 0. The first-order chi connectivity index (χ1) is 15.6. The zero-order chi connectivity index (χ0) is 23.6. The van der Waals surface area contributed by atoms with Crippen molar-refractivity contribution < 1.29 is 9.90 Å². The first kappa shape index (κ1) is 24.1. The van der Waals surface area contributed by atoms with Crippen LogP contribution in [0, 0.1) is 46.3 Å². The molecule has 4 fully saturated rings. The molecule has 0 saturated heterocycles. The van der Waals surface area contributed by atoms with Crippen molar-refractivity contribution in [2.45, 2.75) is 130 Å². The third-order valence-corrected chi connectivity index (χ3v) is 11.9. The third-order valence-electron chi connectivity index (χ3n) is 11.9. The number of carbonyl (C=O) groups is 1. The van der Waals surface area contributed by atoms with Gasteiger partial charge in [-0.05, 0) is 123 Å². The second-order valence-electron chi connectivity index (χ2n) is 14.1. The number of aliphatic hydroxyl groups is 1. The molecule has 0 amide bonds. The van der Waals surface area contributed by atoms with Crippen molar-refractivity contribution in [1.29, 1.82) is 0 Å². The molecule has 0 aromatic carbocycles. The van der Waals surface area contributed by atoms with Crippen molar-refractivity contribution in [3.05, 3.63) is 11.1 Å². The van der Waals surface area contributed by atoms with Crippen LogP contribution in [-0.2, 0) is 4.79 Å². The summed E-state index contributed by atoms with van der Waals surface area (Å²) in [5.41, 5.74) is 2.97. The number of carbonyl (C=O) groups excluding carboxylic acids is 1. The maximum Gasteiger partial charge on any atom is 0.159 e. The molecule has 0 aromatic rings. The van der Waals surface area contributed by atoms with Crippen LogP contribution in [0.1, 0.15) is 125 Å². The van der Waals surface area contributed by atoms with E-state index >= 15 is 0 Å². The molecule has 0 radical (unpaired) electrons. The number of fused-ring (bicyclic) bond motifs is 5. The highest BCUT2D eigenvalue weighted by Gasteiger charge is 2.62. The lowest BCUT2D eigenvalue weighted by Crippen LogP contribution is -2.53. The molecule has 7 atom stereocenters. The van der Waals surface area contributed by atoms with Crippen LogP contribution in [-0.4, -0.2) is 16.5 Å². The number of Topliss-reactive ketones (excluding diaryl/α,β-unsaturated/α-hetero) is 1. The van der Waals surface area contributed by atoms with E-state index in [9.17, 15) is 9.90 Å². The van der Waals surface area contributed by atoms with E-state index in [1.54, 1.807) is 5.57 Å². The Hall–Kier alpha value is -0.630. The van der Waals surface area contributed by atoms with Crippen molar-refractivity contribution in [3.8, 4) is 0 Å². The van der Waals surface area contributed by atoms with Crippen molar-refractivity contribution >= 4 is 5.78 Å². The topological polar surface area (TPSA) is 37.3 Å². The summed E-state index contributed by atoms with van der Waals surface area (Å²) >= 11 is 0. The van der Waals surface area contributed by atoms with Crippen LogP contribution < -0.4 is 0 Å². The molecule has 5 aliphatic rings. The fraction of sp³-hybridized carbons (Fsp3) is 0.903. The molecule has 7 unspecified atom stereocenters. The van der Waals surface area contributed by atoms with Gasteiger partial charge in [0.25, 0.3) is 0 Å². The molecule has 1 N–H and O–H groups in total. The zero-order valence-corrected chi connectivity index (χ0v) is 22.2. The standard InChI is InChI=1S/C31H50O2/c1-20(2)8-7-17-31(5,33)27-14-13-23-22-11-12-25-28(21-9-6-10-21)26(32)16-19-29(25,3)24(22)15-18-30(23,27)4/h20-24,27,33H,6-19H2,1-5H3. The highest BCUT2D eigenvalue weighted by Crippen LogP contribution is 2.69. The highest BCUT2D eigenvalue weighted by atomic mass is 16.3. The van der Waals surface area contributed by atoms with Gasteiger partial charge in [0.1, 0.15) is 0 Å². The summed E-state index contributed by atoms with van der Waals surface area (Å²) < 4.78 is 0. The molecule has 33 heavy (non-hydrogen) atoms. The number of hydrogen-bond donors (Lipinski definition) is 1. The number of rotatable bonds is 6. The van der Waals surface area contributed by atoms with E-state index in [1.807, 2.05) is 0 Å². The maximum absolute atomic E-state index is 13.0. The number of allylic oxidation sites excluding steroid dienone is 1. The number of ketones is 1. The van der Waals surface area contributed by atoms with Gasteiger partial charge in [-0.15, -0.1) is 0 Å². The Morgan fingerprint density at radius 3 is 2.42 bits per heavy atom. The van der Waals surface area contributed by atoms with Crippen LogP contribution in [0.2, 0.25) is 0 Å². The Kier molecular flexibility index (Phi) is 6.20. The molecule has 0 heterocycles.